The lowest BCUT2D eigenvalue weighted by Gasteiger charge is -2.35. The summed E-state index contributed by atoms with van der Waals surface area (Å²) in [5.41, 5.74) is 0.185. The summed E-state index contributed by atoms with van der Waals surface area (Å²) >= 11 is 0. The molecule has 0 atom stereocenters. The van der Waals surface area contributed by atoms with E-state index < -0.39 is 17.3 Å². The summed E-state index contributed by atoms with van der Waals surface area (Å²) in [6.45, 7) is 3.80. The van der Waals surface area contributed by atoms with E-state index in [4.69, 9.17) is 4.74 Å². The molecular weight excluding hydrogens is 544 g/mol. The van der Waals surface area contributed by atoms with Crippen molar-refractivity contribution in [3.05, 3.63) is 77.0 Å². The van der Waals surface area contributed by atoms with E-state index in [0.717, 1.165) is 12.3 Å². The Balaban J connectivity index is 1.13. The van der Waals surface area contributed by atoms with Crippen molar-refractivity contribution in [2.75, 3.05) is 31.1 Å². The predicted molar refractivity (Wildman–Crippen MR) is 139 cm³/mol. The van der Waals surface area contributed by atoms with Crippen LogP contribution in [0.25, 0.3) is 0 Å². The maximum Gasteiger partial charge on any atom is 0.433 e. The van der Waals surface area contributed by atoms with Gasteiger partial charge in [-0.1, -0.05) is 12.1 Å². The highest BCUT2D eigenvalue weighted by atomic mass is 19.4. The van der Waals surface area contributed by atoms with Crippen LogP contribution in [0, 0.1) is 5.82 Å². The summed E-state index contributed by atoms with van der Waals surface area (Å²) in [5, 5.41) is 11.0. The van der Waals surface area contributed by atoms with Crippen LogP contribution in [0.15, 0.2) is 48.7 Å². The quantitative estimate of drug-likeness (QED) is 0.412. The monoisotopic (exact) mass is 572 g/mol. The fraction of sp³-hybridized carbons (Fsp3) is 0.393. The molecule has 0 spiro atoms. The Labute approximate surface area is 233 Å². The van der Waals surface area contributed by atoms with Gasteiger partial charge < -0.3 is 19.9 Å². The number of hydrogen-bond donors (Lipinski definition) is 1. The van der Waals surface area contributed by atoms with E-state index in [1.165, 1.54) is 19.1 Å². The number of anilines is 1. The number of nitrogens with one attached hydrogen (secondary N) is 1. The minimum atomic E-state index is -4.51. The maximum atomic E-state index is 14.9. The summed E-state index contributed by atoms with van der Waals surface area (Å²) in [6, 6.07) is 10.2. The van der Waals surface area contributed by atoms with Crippen LogP contribution in [-0.2, 0) is 34.3 Å². The van der Waals surface area contributed by atoms with Gasteiger partial charge >= 0.3 is 6.18 Å². The highest BCUT2D eigenvalue weighted by molar-refractivity contribution is 5.90. The topological polar surface area (TPSA) is 101 Å². The fourth-order valence-corrected chi connectivity index (χ4v) is 4.74. The molecule has 1 aromatic carbocycles. The molecule has 2 amide bonds. The summed E-state index contributed by atoms with van der Waals surface area (Å²) in [5.74, 6) is -0.457. The zero-order chi connectivity index (χ0) is 29.2. The van der Waals surface area contributed by atoms with Gasteiger partial charge in [0.05, 0.1) is 16.8 Å². The maximum absolute atomic E-state index is 14.9. The van der Waals surface area contributed by atoms with Crippen molar-refractivity contribution in [2.45, 2.75) is 44.5 Å². The second kappa shape index (κ2) is 11.3. The van der Waals surface area contributed by atoms with Gasteiger partial charge in [0.1, 0.15) is 18.1 Å². The Morgan fingerprint density at radius 3 is 2.29 bits per heavy atom. The van der Waals surface area contributed by atoms with Crippen LogP contribution < -0.4 is 15.0 Å². The molecule has 2 aliphatic rings. The van der Waals surface area contributed by atoms with E-state index in [0.29, 0.717) is 61.5 Å². The van der Waals surface area contributed by atoms with Crippen LogP contribution in [0.3, 0.4) is 0 Å². The molecule has 1 aliphatic carbocycles. The highest BCUT2D eigenvalue weighted by Gasteiger charge is 2.52. The number of carbonyl (C=O) groups excluding carboxylic acids is 2. The van der Waals surface area contributed by atoms with Crippen molar-refractivity contribution in [2.24, 2.45) is 0 Å². The number of ether oxygens (including phenoxy) is 1. The largest absolute Gasteiger partial charge is 0.472 e. The van der Waals surface area contributed by atoms with Crippen LogP contribution >= 0.6 is 0 Å². The van der Waals surface area contributed by atoms with Crippen LogP contribution in [0.1, 0.15) is 42.3 Å². The van der Waals surface area contributed by atoms with Crippen molar-refractivity contribution in [3.8, 4) is 5.88 Å². The Kier molecular flexibility index (Phi) is 7.78. The number of rotatable bonds is 8. The van der Waals surface area contributed by atoms with Crippen molar-refractivity contribution in [1.82, 2.24) is 25.4 Å². The van der Waals surface area contributed by atoms with Crippen molar-refractivity contribution in [1.29, 1.82) is 0 Å². The Morgan fingerprint density at radius 2 is 1.73 bits per heavy atom. The lowest BCUT2D eigenvalue weighted by molar-refractivity contribution is -0.141. The van der Waals surface area contributed by atoms with Crippen molar-refractivity contribution >= 4 is 17.5 Å². The number of benzene rings is 1. The molecule has 1 saturated heterocycles. The van der Waals surface area contributed by atoms with Crippen LogP contribution in [0.4, 0.5) is 23.2 Å². The first-order valence-electron chi connectivity index (χ1n) is 13.1. The average Bonchev–Trinajstić information content (AvgIpc) is 3.77. The first-order valence-corrected chi connectivity index (χ1v) is 13.1. The molecule has 0 unspecified atom stereocenters. The minimum absolute atomic E-state index is 0.00867. The zero-order valence-corrected chi connectivity index (χ0v) is 22.2. The third-order valence-corrected chi connectivity index (χ3v) is 7.35. The van der Waals surface area contributed by atoms with E-state index in [1.54, 1.807) is 29.2 Å². The molecule has 0 bridgehead atoms. The fourth-order valence-electron chi connectivity index (χ4n) is 4.74. The third kappa shape index (κ3) is 6.39. The number of hydrogen-bond acceptors (Lipinski definition) is 7. The summed E-state index contributed by atoms with van der Waals surface area (Å²) in [4.78, 5) is 31.6. The molecule has 1 N–H and O–H groups in total. The van der Waals surface area contributed by atoms with Crippen LogP contribution in [0.2, 0.25) is 0 Å². The zero-order valence-electron chi connectivity index (χ0n) is 22.2. The van der Waals surface area contributed by atoms with Gasteiger partial charge in [-0.05, 0) is 42.7 Å². The molecule has 41 heavy (non-hydrogen) atoms. The number of piperazine rings is 1. The van der Waals surface area contributed by atoms with E-state index in [1.807, 2.05) is 4.90 Å². The van der Waals surface area contributed by atoms with Crippen molar-refractivity contribution in [3.63, 3.8) is 0 Å². The molecule has 1 aliphatic heterocycles. The molecule has 2 fully saturated rings. The van der Waals surface area contributed by atoms with Gasteiger partial charge in [-0.25, -0.2) is 4.39 Å². The molecule has 216 valence electrons. The molecule has 2 aromatic heterocycles. The van der Waals surface area contributed by atoms with Crippen LogP contribution in [-0.4, -0.2) is 58.1 Å². The predicted octanol–water partition coefficient (Wildman–Crippen LogP) is 3.63. The van der Waals surface area contributed by atoms with E-state index in [2.05, 4.69) is 20.5 Å². The van der Waals surface area contributed by atoms with E-state index >= 15 is 0 Å². The molecule has 9 nitrogen and oxygen atoms in total. The number of alkyl halides is 3. The SMILES string of the molecule is CC(=O)N1CCN(c2ccc(CNC(=O)C3(c4ccc(OCc5ccc(C(F)(F)F)nc5)nn4)CC3)cc2F)CC1. The number of carbonyl (C=O) groups is 2. The standard InChI is InChI=1S/C28H28F4N6O3/c1-18(39)37-10-12-38(13-11-37)22-4-2-19(14-21(22)29)15-34-26(40)27(8-9-27)23-6-7-25(36-35-23)41-17-20-3-5-24(33-16-20)28(30,31)32/h2-7,14,16H,8-13,15,17H2,1H3,(H,34,40). The molecular formula is C28H28F4N6O3. The van der Waals surface area contributed by atoms with Crippen molar-refractivity contribution < 1.29 is 31.9 Å². The van der Waals surface area contributed by atoms with Gasteiger partial charge in [0, 0.05) is 57.5 Å². The van der Waals surface area contributed by atoms with Gasteiger partial charge in [0.2, 0.25) is 17.7 Å². The van der Waals surface area contributed by atoms with E-state index in [-0.39, 0.29) is 36.7 Å². The van der Waals surface area contributed by atoms with Gasteiger partial charge in [-0.15, -0.1) is 5.10 Å². The normalized spacial score (nSPS) is 16.3. The van der Waals surface area contributed by atoms with Crippen LogP contribution in [0.5, 0.6) is 5.88 Å². The lowest BCUT2D eigenvalue weighted by atomic mass is 10.0. The molecule has 3 aromatic rings. The Morgan fingerprint density at radius 1 is 1.00 bits per heavy atom. The molecule has 3 heterocycles. The van der Waals surface area contributed by atoms with Gasteiger partial charge in [0.15, 0.2) is 0 Å². The Hall–Kier alpha value is -4.29. The summed E-state index contributed by atoms with van der Waals surface area (Å²) in [7, 11) is 0. The minimum Gasteiger partial charge on any atom is -0.472 e. The molecule has 0 radical (unpaired) electrons. The first-order chi connectivity index (χ1) is 19.5. The van der Waals surface area contributed by atoms with Gasteiger partial charge in [-0.2, -0.15) is 18.3 Å². The Bertz CT molecular complexity index is 1400. The number of aromatic nitrogens is 3. The lowest BCUT2D eigenvalue weighted by Crippen LogP contribution is -2.48. The smallest absolute Gasteiger partial charge is 0.433 e. The highest BCUT2D eigenvalue weighted by Crippen LogP contribution is 2.47. The van der Waals surface area contributed by atoms with Gasteiger partial charge in [0.25, 0.3) is 0 Å². The van der Waals surface area contributed by atoms with E-state index in [9.17, 15) is 27.2 Å². The second-order valence-electron chi connectivity index (χ2n) is 10.1. The first kappa shape index (κ1) is 28.2. The number of pyridine rings is 1. The molecule has 1 saturated carbocycles. The number of nitrogens with zero attached hydrogens (tertiary/aromatic N) is 5. The number of halogens is 4. The number of amides is 2. The molecule has 5 rings (SSSR count). The third-order valence-electron chi connectivity index (χ3n) is 7.35. The average molecular weight is 573 g/mol. The second-order valence-corrected chi connectivity index (χ2v) is 10.1. The summed E-state index contributed by atoms with van der Waals surface area (Å²) < 4.78 is 58.4. The molecule has 13 heteroatoms. The summed E-state index contributed by atoms with van der Waals surface area (Å²) in [6.07, 6.45) is -2.25. The van der Waals surface area contributed by atoms with Gasteiger partial charge in [-0.3, -0.25) is 14.6 Å².